The zero-order chi connectivity index (χ0) is 15.2. The maximum Gasteiger partial charge on any atom is 0.252 e. The van der Waals surface area contributed by atoms with Gasteiger partial charge in [-0.25, -0.2) is 0 Å². The summed E-state index contributed by atoms with van der Waals surface area (Å²) in [6.45, 7) is 5.88. The van der Waals surface area contributed by atoms with Crippen LogP contribution in [0.2, 0.25) is 0 Å². The Morgan fingerprint density at radius 1 is 1.15 bits per heavy atom. The lowest BCUT2D eigenvalue weighted by Gasteiger charge is -2.29. The van der Waals surface area contributed by atoms with Crippen LogP contribution in [0.15, 0.2) is 24.3 Å². The van der Waals surface area contributed by atoms with Gasteiger partial charge in [-0.15, -0.1) is 0 Å². The van der Waals surface area contributed by atoms with Crippen LogP contribution >= 0.6 is 0 Å². The molecule has 0 unspecified atom stereocenters. The van der Waals surface area contributed by atoms with Crippen molar-refractivity contribution in [2.75, 3.05) is 13.2 Å². The van der Waals surface area contributed by atoms with Crippen molar-refractivity contribution in [1.29, 1.82) is 0 Å². The summed E-state index contributed by atoms with van der Waals surface area (Å²) in [6, 6.07) is 6.77. The topological polar surface area (TPSA) is 66.4 Å². The van der Waals surface area contributed by atoms with Crippen LogP contribution in [0.3, 0.4) is 0 Å². The average Bonchev–Trinajstić information content (AvgIpc) is 2.49. The molecule has 0 aliphatic heterocycles. The number of rotatable bonds is 7. The smallest absolute Gasteiger partial charge is 0.252 e. The van der Waals surface area contributed by atoms with Crippen molar-refractivity contribution in [2.45, 2.75) is 33.6 Å². The van der Waals surface area contributed by atoms with Crippen molar-refractivity contribution in [2.24, 2.45) is 5.41 Å². The Morgan fingerprint density at radius 3 is 2.15 bits per heavy atom. The third kappa shape index (κ3) is 3.67. The fraction of sp³-hybridized carbons (Fsp3) is 0.500. The number of aliphatic hydroxyl groups excluding tert-OH is 1. The quantitative estimate of drug-likeness (QED) is 0.752. The Bertz CT molecular complexity index is 470. The first-order chi connectivity index (χ1) is 9.49. The normalized spacial score (nSPS) is 11.2. The lowest BCUT2D eigenvalue weighted by Crippen LogP contribution is -2.39. The van der Waals surface area contributed by atoms with E-state index in [1.165, 1.54) is 6.92 Å². The van der Waals surface area contributed by atoms with Crippen LogP contribution in [-0.4, -0.2) is 29.9 Å². The number of carbonyl (C=O) groups excluding carboxylic acids is 2. The molecule has 4 nitrogen and oxygen atoms in total. The Balaban J connectivity index is 2.85. The van der Waals surface area contributed by atoms with E-state index >= 15 is 0 Å². The predicted octanol–water partition coefficient (Wildman–Crippen LogP) is 2.42. The van der Waals surface area contributed by atoms with Gasteiger partial charge >= 0.3 is 0 Å². The Labute approximate surface area is 120 Å². The van der Waals surface area contributed by atoms with Gasteiger partial charge in [0.1, 0.15) is 0 Å². The van der Waals surface area contributed by atoms with Crippen LogP contribution in [-0.2, 0) is 0 Å². The van der Waals surface area contributed by atoms with Crippen molar-refractivity contribution in [1.82, 2.24) is 5.32 Å². The molecule has 1 amide bonds. The predicted molar refractivity (Wildman–Crippen MR) is 78.9 cm³/mol. The van der Waals surface area contributed by atoms with Crippen molar-refractivity contribution >= 4 is 11.7 Å². The van der Waals surface area contributed by atoms with Gasteiger partial charge in [-0.1, -0.05) is 32.0 Å². The van der Waals surface area contributed by atoms with E-state index in [0.717, 1.165) is 12.8 Å². The van der Waals surface area contributed by atoms with Gasteiger partial charge in [-0.05, 0) is 25.8 Å². The molecule has 4 heteroatoms. The molecule has 1 aromatic carbocycles. The zero-order valence-corrected chi connectivity index (χ0v) is 12.4. The molecule has 0 fully saturated rings. The van der Waals surface area contributed by atoms with E-state index in [1.807, 2.05) is 13.8 Å². The molecular weight excluding hydrogens is 254 g/mol. The molecule has 0 atom stereocenters. The van der Waals surface area contributed by atoms with E-state index in [1.54, 1.807) is 24.3 Å². The van der Waals surface area contributed by atoms with E-state index < -0.39 is 0 Å². The number of benzene rings is 1. The second kappa shape index (κ2) is 7.20. The highest BCUT2D eigenvalue weighted by atomic mass is 16.3. The summed E-state index contributed by atoms with van der Waals surface area (Å²) in [7, 11) is 0. The summed E-state index contributed by atoms with van der Waals surface area (Å²) in [4.78, 5) is 23.7. The molecule has 0 aliphatic rings. The lowest BCUT2D eigenvalue weighted by atomic mass is 9.83. The number of aliphatic hydroxyl groups is 1. The maximum atomic E-state index is 12.2. The first kappa shape index (κ1) is 16.4. The van der Waals surface area contributed by atoms with E-state index in [9.17, 15) is 14.7 Å². The van der Waals surface area contributed by atoms with Crippen LogP contribution < -0.4 is 5.32 Å². The summed E-state index contributed by atoms with van der Waals surface area (Å²) in [5.41, 5.74) is 0.521. The molecule has 0 bridgehead atoms. The Morgan fingerprint density at radius 2 is 1.70 bits per heavy atom. The highest BCUT2D eigenvalue weighted by Crippen LogP contribution is 2.24. The van der Waals surface area contributed by atoms with Crippen LogP contribution in [0.5, 0.6) is 0 Å². The summed E-state index contributed by atoms with van der Waals surface area (Å²) in [5, 5.41) is 12.3. The monoisotopic (exact) mass is 277 g/mol. The van der Waals surface area contributed by atoms with Gasteiger partial charge in [0.25, 0.3) is 5.91 Å². The van der Waals surface area contributed by atoms with Crippen molar-refractivity contribution in [3.05, 3.63) is 35.4 Å². The molecule has 1 aromatic rings. The molecule has 0 aromatic heterocycles. The van der Waals surface area contributed by atoms with E-state index in [0.29, 0.717) is 17.7 Å². The van der Waals surface area contributed by atoms with E-state index in [4.69, 9.17) is 0 Å². The number of ketones is 1. The molecule has 0 aliphatic carbocycles. The molecule has 0 saturated heterocycles. The van der Waals surface area contributed by atoms with E-state index in [-0.39, 0.29) is 23.7 Å². The van der Waals surface area contributed by atoms with Gasteiger partial charge in [0.15, 0.2) is 5.78 Å². The Hall–Kier alpha value is -1.68. The summed E-state index contributed by atoms with van der Waals surface area (Å²) in [5.74, 6) is -0.398. The number of Topliss-reactive ketones (excluding diaryl/α,β-unsaturated/α-hetero) is 1. The number of nitrogens with one attached hydrogen (secondary N) is 1. The van der Waals surface area contributed by atoms with Crippen LogP contribution in [0, 0.1) is 5.41 Å². The average molecular weight is 277 g/mol. The second-order valence-corrected chi connectivity index (χ2v) is 5.15. The molecule has 0 spiro atoms. The first-order valence-electron chi connectivity index (χ1n) is 6.98. The SMILES string of the molecule is CCC(CC)(CO)CNC(=O)c1ccccc1C(C)=O. The van der Waals surface area contributed by atoms with Crippen molar-refractivity contribution in [3.63, 3.8) is 0 Å². The van der Waals surface area contributed by atoms with Crippen LogP contribution in [0.1, 0.15) is 54.3 Å². The molecule has 1 rings (SSSR count). The molecule has 0 radical (unpaired) electrons. The minimum absolute atomic E-state index is 0.0363. The maximum absolute atomic E-state index is 12.2. The highest BCUT2D eigenvalue weighted by molar-refractivity contribution is 6.07. The standard InChI is InChI=1S/C16H23NO3/c1-4-16(5-2,11-18)10-17-15(20)14-9-7-6-8-13(14)12(3)19/h6-9,18H,4-5,10-11H2,1-3H3,(H,17,20). The largest absolute Gasteiger partial charge is 0.396 e. The van der Waals surface area contributed by atoms with E-state index in [2.05, 4.69) is 5.32 Å². The van der Waals surface area contributed by atoms with Gasteiger partial charge in [0, 0.05) is 17.5 Å². The Kier molecular flexibility index (Phi) is 5.89. The van der Waals surface area contributed by atoms with Gasteiger partial charge in [-0.2, -0.15) is 0 Å². The molecule has 20 heavy (non-hydrogen) atoms. The summed E-state index contributed by atoms with van der Waals surface area (Å²) in [6.07, 6.45) is 1.57. The molecule has 0 saturated carbocycles. The minimum atomic E-state index is -0.291. The van der Waals surface area contributed by atoms with Gasteiger partial charge in [-0.3, -0.25) is 9.59 Å². The van der Waals surface area contributed by atoms with Gasteiger partial charge in [0.2, 0.25) is 0 Å². The molecule has 2 N–H and O–H groups in total. The van der Waals surface area contributed by atoms with Gasteiger partial charge in [0.05, 0.1) is 12.2 Å². The van der Waals surface area contributed by atoms with Crippen molar-refractivity contribution < 1.29 is 14.7 Å². The molecular formula is C16H23NO3. The minimum Gasteiger partial charge on any atom is -0.396 e. The molecule has 0 heterocycles. The van der Waals surface area contributed by atoms with Crippen molar-refractivity contribution in [3.8, 4) is 0 Å². The number of carbonyl (C=O) groups is 2. The summed E-state index contributed by atoms with van der Waals surface area (Å²) < 4.78 is 0. The zero-order valence-electron chi connectivity index (χ0n) is 12.4. The second-order valence-electron chi connectivity index (χ2n) is 5.15. The fourth-order valence-corrected chi connectivity index (χ4v) is 2.13. The number of amides is 1. The number of hydrogen-bond acceptors (Lipinski definition) is 3. The number of hydrogen-bond donors (Lipinski definition) is 2. The fourth-order valence-electron chi connectivity index (χ4n) is 2.13. The summed E-state index contributed by atoms with van der Waals surface area (Å²) >= 11 is 0. The molecule has 110 valence electrons. The third-order valence-electron chi connectivity index (χ3n) is 4.01. The highest BCUT2D eigenvalue weighted by Gasteiger charge is 2.26. The first-order valence-corrected chi connectivity index (χ1v) is 6.98. The van der Waals surface area contributed by atoms with Crippen LogP contribution in [0.25, 0.3) is 0 Å². The lowest BCUT2D eigenvalue weighted by molar-refractivity contribution is 0.0845. The van der Waals surface area contributed by atoms with Gasteiger partial charge < -0.3 is 10.4 Å². The third-order valence-corrected chi connectivity index (χ3v) is 4.01. The van der Waals surface area contributed by atoms with Crippen LogP contribution in [0.4, 0.5) is 0 Å².